The van der Waals surface area contributed by atoms with Gasteiger partial charge in [-0.15, -0.1) is 0 Å². The Bertz CT molecular complexity index is 441. The van der Waals surface area contributed by atoms with Crippen molar-refractivity contribution in [1.29, 1.82) is 0 Å². The Morgan fingerprint density at radius 3 is 1.82 bits per heavy atom. The van der Waals surface area contributed by atoms with Crippen molar-refractivity contribution in [3.05, 3.63) is 0 Å². The van der Waals surface area contributed by atoms with Crippen LogP contribution in [0.15, 0.2) is 0 Å². The number of alkyl halides is 3. The molecule has 2 N–H and O–H groups in total. The van der Waals surface area contributed by atoms with Crippen molar-refractivity contribution in [2.75, 3.05) is 13.1 Å². The number of halogens is 3. The standard InChI is InChI=1S/C15H21F3N2O2/c16-15(17,18)13(22)20-2-1-19-12(21)14-6-9-3-10(7-14)5-11(4-9)8-14/h9-11H,1-8H2,(H,19,21)(H,20,22). The summed E-state index contributed by atoms with van der Waals surface area (Å²) in [5.74, 6) is -0.0739. The van der Waals surface area contributed by atoms with E-state index in [1.165, 1.54) is 19.3 Å². The van der Waals surface area contributed by atoms with Crippen LogP contribution < -0.4 is 10.6 Å². The Morgan fingerprint density at radius 1 is 0.909 bits per heavy atom. The van der Waals surface area contributed by atoms with Crippen molar-refractivity contribution >= 4 is 11.8 Å². The van der Waals surface area contributed by atoms with Crippen LogP contribution in [0.2, 0.25) is 0 Å². The predicted octanol–water partition coefficient (Wildman–Crippen LogP) is 2.00. The second-order valence-corrected chi connectivity index (χ2v) is 7.21. The van der Waals surface area contributed by atoms with Gasteiger partial charge in [-0.05, 0) is 56.3 Å². The number of hydrogen-bond donors (Lipinski definition) is 2. The van der Waals surface area contributed by atoms with Gasteiger partial charge in [0.1, 0.15) is 0 Å². The lowest BCUT2D eigenvalue weighted by molar-refractivity contribution is -0.173. The molecule has 4 bridgehead atoms. The molecule has 7 heteroatoms. The lowest BCUT2D eigenvalue weighted by atomic mass is 9.49. The molecule has 0 aromatic rings. The minimum atomic E-state index is -4.87. The summed E-state index contributed by atoms with van der Waals surface area (Å²) in [6.45, 7) is -0.154. The second-order valence-electron chi connectivity index (χ2n) is 7.21. The van der Waals surface area contributed by atoms with Gasteiger partial charge in [0.2, 0.25) is 5.91 Å². The third-order valence-electron chi connectivity index (χ3n) is 5.47. The highest BCUT2D eigenvalue weighted by molar-refractivity contribution is 5.83. The van der Waals surface area contributed by atoms with E-state index < -0.39 is 12.1 Å². The first-order chi connectivity index (χ1) is 10.3. The van der Waals surface area contributed by atoms with E-state index in [-0.39, 0.29) is 24.4 Å². The van der Waals surface area contributed by atoms with E-state index in [2.05, 4.69) is 5.32 Å². The lowest BCUT2D eigenvalue weighted by Crippen LogP contribution is -2.54. The average molecular weight is 318 g/mol. The Hall–Kier alpha value is -1.27. The molecule has 124 valence electrons. The van der Waals surface area contributed by atoms with Gasteiger partial charge in [-0.1, -0.05) is 0 Å². The molecule has 22 heavy (non-hydrogen) atoms. The maximum Gasteiger partial charge on any atom is 0.471 e. The molecule has 0 spiro atoms. The summed E-state index contributed by atoms with van der Waals surface area (Å²) >= 11 is 0. The molecule has 2 amide bonds. The lowest BCUT2D eigenvalue weighted by Gasteiger charge is -2.55. The van der Waals surface area contributed by atoms with E-state index in [0.29, 0.717) is 17.8 Å². The quantitative estimate of drug-likeness (QED) is 0.779. The molecule has 4 fully saturated rings. The molecule has 0 saturated heterocycles. The van der Waals surface area contributed by atoms with Gasteiger partial charge >= 0.3 is 12.1 Å². The molecule has 0 atom stereocenters. The van der Waals surface area contributed by atoms with Crippen LogP contribution in [0.25, 0.3) is 0 Å². The molecule has 0 aromatic carbocycles. The summed E-state index contributed by atoms with van der Waals surface area (Å²) in [5.41, 5.74) is -0.303. The molecule has 4 aliphatic carbocycles. The summed E-state index contributed by atoms with van der Waals surface area (Å²) in [7, 11) is 0. The van der Waals surface area contributed by atoms with Crippen LogP contribution in [0, 0.1) is 23.2 Å². The van der Waals surface area contributed by atoms with Crippen molar-refractivity contribution in [2.24, 2.45) is 23.2 Å². The first-order valence-electron chi connectivity index (χ1n) is 7.92. The molecule has 0 heterocycles. The molecule has 0 aliphatic heterocycles. The summed E-state index contributed by atoms with van der Waals surface area (Å²) in [6.07, 6.45) is 1.57. The largest absolute Gasteiger partial charge is 0.471 e. The molecule has 0 radical (unpaired) electrons. The topological polar surface area (TPSA) is 58.2 Å². The summed E-state index contributed by atoms with van der Waals surface area (Å²) in [4.78, 5) is 23.2. The molecule has 4 rings (SSSR count). The number of nitrogens with one attached hydrogen (secondary N) is 2. The molecule has 4 aliphatic rings. The smallest absolute Gasteiger partial charge is 0.354 e. The summed E-state index contributed by atoms with van der Waals surface area (Å²) < 4.78 is 36.1. The van der Waals surface area contributed by atoms with E-state index in [1.54, 1.807) is 5.32 Å². The van der Waals surface area contributed by atoms with Crippen LogP contribution in [0.5, 0.6) is 0 Å². The zero-order valence-electron chi connectivity index (χ0n) is 12.3. The fourth-order valence-corrected chi connectivity index (χ4v) is 5.03. The van der Waals surface area contributed by atoms with Crippen molar-refractivity contribution in [2.45, 2.75) is 44.7 Å². The average Bonchev–Trinajstić information content (AvgIpc) is 2.40. The van der Waals surface area contributed by atoms with Gasteiger partial charge in [0, 0.05) is 18.5 Å². The van der Waals surface area contributed by atoms with Gasteiger partial charge in [-0.3, -0.25) is 9.59 Å². The number of hydrogen-bond acceptors (Lipinski definition) is 2. The minimum absolute atomic E-state index is 0.0344. The second kappa shape index (κ2) is 5.42. The van der Waals surface area contributed by atoms with Crippen molar-refractivity contribution in [3.8, 4) is 0 Å². The Kier molecular flexibility index (Phi) is 3.85. The normalized spacial score (nSPS) is 36.2. The third kappa shape index (κ3) is 2.94. The third-order valence-corrected chi connectivity index (χ3v) is 5.47. The highest BCUT2D eigenvalue weighted by Crippen LogP contribution is 2.60. The fraction of sp³-hybridized carbons (Fsp3) is 0.867. The van der Waals surface area contributed by atoms with Gasteiger partial charge in [-0.2, -0.15) is 13.2 Å². The molecule has 4 nitrogen and oxygen atoms in total. The van der Waals surface area contributed by atoms with E-state index in [9.17, 15) is 22.8 Å². The van der Waals surface area contributed by atoms with Crippen molar-refractivity contribution < 1.29 is 22.8 Å². The van der Waals surface area contributed by atoms with E-state index in [1.807, 2.05) is 0 Å². The van der Waals surface area contributed by atoms with Crippen molar-refractivity contribution in [3.63, 3.8) is 0 Å². The van der Waals surface area contributed by atoms with E-state index in [4.69, 9.17) is 0 Å². The highest BCUT2D eigenvalue weighted by Gasteiger charge is 2.54. The van der Waals surface area contributed by atoms with Crippen LogP contribution in [0.1, 0.15) is 38.5 Å². The number of carbonyl (C=O) groups excluding carboxylic acids is 2. The SMILES string of the molecule is O=C(NCCNC(=O)C12CC3CC(CC(C3)C1)C2)C(F)(F)F. The van der Waals surface area contributed by atoms with Crippen LogP contribution in [0.4, 0.5) is 13.2 Å². The van der Waals surface area contributed by atoms with Crippen LogP contribution >= 0.6 is 0 Å². The van der Waals surface area contributed by atoms with Gasteiger partial charge in [0.05, 0.1) is 0 Å². The predicted molar refractivity (Wildman–Crippen MR) is 72.7 cm³/mol. The minimum Gasteiger partial charge on any atom is -0.354 e. The fourth-order valence-electron chi connectivity index (χ4n) is 5.03. The molecular weight excluding hydrogens is 297 g/mol. The maximum absolute atomic E-state index is 12.5. The van der Waals surface area contributed by atoms with Gasteiger partial charge in [0.25, 0.3) is 0 Å². The molecule has 0 unspecified atom stereocenters. The highest BCUT2D eigenvalue weighted by atomic mass is 19.4. The first kappa shape index (κ1) is 15.6. The van der Waals surface area contributed by atoms with Gasteiger partial charge in [-0.25, -0.2) is 0 Å². The summed E-state index contributed by atoms with van der Waals surface area (Å²) in [6, 6.07) is 0. The molecular formula is C15H21F3N2O2. The van der Waals surface area contributed by atoms with Crippen LogP contribution in [-0.4, -0.2) is 31.1 Å². The number of carbonyl (C=O) groups is 2. The van der Waals surface area contributed by atoms with Crippen molar-refractivity contribution in [1.82, 2.24) is 10.6 Å². The Balaban J connectivity index is 1.48. The first-order valence-corrected chi connectivity index (χ1v) is 7.92. The molecule has 0 aromatic heterocycles. The monoisotopic (exact) mass is 318 g/mol. The maximum atomic E-state index is 12.5. The summed E-state index contributed by atoms with van der Waals surface area (Å²) in [5, 5.41) is 4.50. The zero-order valence-corrected chi connectivity index (χ0v) is 12.3. The number of rotatable bonds is 4. The van der Waals surface area contributed by atoms with E-state index >= 15 is 0 Å². The van der Waals surface area contributed by atoms with Crippen LogP contribution in [0.3, 0.4) is 0 Å². The number of amides is 2. The van der Waals surface area contributed by atoms with Gasteiger partial charge < -0.3 is 10.6 Å². The molecule has 4 saturated carbocycles. The van der Waals surface area contributed by atoms with E-state index in [0.717, 1.165) is 19.3 Å². The zero-order chi connectivity index (χ0) is 16.0. The Morgan fingerprint density at radius 2 is 1.36 bits per heavy atom. The Labute approximate surface area is 127 Å². The van der Waals surface area contributed by atoms with Gasteiger partial charge in [0.15, 0.2) is 0 Å². The van der Waals surface area contributed by atoms with Crippen LogP contribution in [-0.2, 0) is 9.59 Å².